The maximum Gasteiger partial charge on any atom is 0.263 e. The summed E-state index contributed by atoms with van der Waals surface area (Å²) in [5.74, 6) is -0.448. The van der Waals surface area contributed by atoms with E-state index in [1.165, 1.54) is 17.4 Å². The maximum absolute atomic E-state index is 11.7. The first-order valence-electron chi connectivity index (χ1n) is 4.57. The molecule has 82 valence electrons. The van der Waals surface area contributed by atoms with Crippen LogP contribution in [0.2, 0.25) is 0 Å². The highest BCUT2D eigenvalue weighted by molar-refractivity contribution is 7.13. The first-order valence-corrected chi connectivity index (χ1v) is 5.45. The number of carbonyl (C=O) groups is 1. The minimum Gasteiger partial charge on any atom is -0.326 e. The van der Waals surface area contributed by atoms with Gasteiger partial charge in [0.2, 0.25) is 0 Å². The minimum atomic E-state index is -0.448. The Morgan fingerprint density at radius 3 is 2.94 bits per heavy atom. The molecular weight excluding hydrogens is 226 g/mol. The van der Waals surface area contributed by atoms with Crippen molar-refractivity contribution in [3.05, 3.63) is 45.3 Å². The number of nitrogens with one attached hydrogen (secondary N) is 2. The summed E-state index contributed by atoms with van der Waals surface area (Å²) in [6.45, 7) is 1.75. The summed E-state index contributed by atoms with van der Waals surface area (Å²) >= 11 is 1.30. The summed E-state index contributed by atoms with van der Waals surface area (Å²) in [4.78, 5) is 29.6. The second kappa shape index (κ2) is 4.28. The summed E-state index contributed by atoms with van der Waals surface area (Å²) in [6.07, 6.45) is 1.58. The topological polar surface area (TPSA) is 74.8 Å². The minimum absolute atomic E-state index is 0.0841. The van der Waals surface area contributed by atoms with Gasteiger partial charge in [0.15, 0.2) is 5.13 Å². The van der Waals surface area contributed by atoms with Crippen LogP contribution in [0.25, 0.3) is 0 Å². The van der Waals surface area contributed by atoms with Crippen molar-refractivity contribution in [3.63, 3.8) is 0 Å². The third-order valence-electron chi connectivity index (χ3n) is 1.95. The highest BCUT2D eigenvalue weighted by Gasteiger charge is 2.11. The number of thiazole rings is 1. The number of anilines is 1. The van der Waals surface area contributed by atoms with E-state index in [2.05, 4.69) is 15.3 Å². The molecule has 2 aromatic heterocycles. The van der Waals surface area contributed by atoms with E-state index in [0.717, 1.165) is 5.69 Å². The fraction of sp³-hybridized carbons (Fsp3) is 0.100. The fourth-order valence-corrected chi connectivity index (χ4v) is 1.72. The van der Waals surface area contributed by atoms with Crippen LogP contribution in [-0.4, -0.2) is 15.9 Å². The Labute approximate surface area is 95.2 Å². The Bertz CT molecular complexity index is 560. The zero-order chi connectivity index (χ0) is 11.5. The number of aromatic nitrogens is 2. The van der Waals surface area contributed by atoms with E-state index < -0.39 is 11.5 Å². The number of hydrogen-bond acceptors (Lipinski definition) is 4. The Kier molecular flexibility index (Phi) is 2.82. The molecule has 0 fully saturated rings. The molecule has 5 nitrogen and oxygen atoms in total. The van der Waals surface area contributed by atoms with Crippen LogP contribution in [0.1, 0.15) is 16.1 Å². The lowest BCUT2D eigenvalue weighted by Gasteiger charge is -2.00. The molecule has 6 heteroatoms. The van der Waals surface area contributed by atoms with Gasteiger partial charge in [-0.25, -0.2) is 4.98 Å². The normalized spacial score (nSPS) is 10.1. The highest BCUT2D eigenvalue weighted by atomic mass is 32.1. The van der Waals surface area contributed by atoms with Gasteiger partial charge in [0.25, 0.3) is 11.5 Å². The molecule has 0 aromatic carbocycles. The van der Waals surface area contributed by atoms with E-state index in [4.69, 9.17) is 0 Å². The van der Waals surface area contributed by atoms with Crippen molar-refractivity contribution in [2.24, 2.45) is 0 Å². The molecule has 0 unspecified atom stereocenters. The fourth-order valence-electron chi connectivity index (χ4n) is 1.20. The number of amides is 1. The molecule has 0 saturated heterocycles. The van der Waals surface area contributed by atoms with Gasteiger partial charge in [-0.2, -0.15) is 0 Å². The number of hydrogen-bond donors (Lipinski definition) is 2. The molecule has 1 amide bonds. The van der Waals surface area contributed by atoms with Crippen LogP contribution in [0.3, 0.4) is 0 Å². The Hall–Kier alpha value is -1.95. The number of aromatic amines is 1. The smallest absolute Gasteiger partial charge is 0.263 e. The SMILES string of the molecule is Cc1ccc(C(=O)Nc2nccs2)c(=O)[nH]1. The summed E-state index contributed by atoms with van der Waals surface area (Å²) in [6, 6.07) is 3.18. The molecular formula is C10H9N3O2S. The lowest BCUT2D eigenvalue weighted by molar-refractivity contribution is 0.102. The molecule has 0 aliphatic rings. The van der Waals surface area contributed by atoms with Gasteiger partial charge in [0.05, 0.1) is 0 Å². The summed E-state index contributed by atoms with van der Waals surface area (Å²) < 4.78 is 0. The molecule has 0 bridgehead atoms. The van der Waals surface area contributed by atoms with E-state index in [-0.39, 0.29) is 5.56 Å². The third kappa shape index (κ3) is 2.17. The van der Waals surface area contributed by atoms with Crippen molar-refractivity contribution < 1.29 is 4.79 Å². The molecule has 0 atom stereocenters. The zero-order valence-corrected chi connectivity index (χ0v) is 9.30. The van der Waals surface area contributed by atoms with Crippen molar-refractivity contribution in [2.75, 3.05) is 5.32 Å². The molecule has 0 radical (unpaired) electrons. The average Bonchev–Trinajstić information content (AvgIpc) is 2.70. The second-order valence-corrected chi connectivity index (χ2v) is 4.07. The van der Waals surface area contributed by atoms with Crippen LogP contribution in [0.4, 0.5) is 5.13 Å². The van der Waals surface area contributed by atoms with Crippen molar-refractivity contribution in [1.29, 1.82) is 0 Å². The number of pyridine rings is 1. The molecule has 0 aliphatic heterocycles. The standard InChI is InChI=1S/C10H9N3O2S/c1-6-2-3-7(8(14)12-6)9(15)13-10-11-4-5-16-10/h2-5H,1H3,(H,12,14)(H,11,13,15). The predicted octanol–water partition coefficient (Wildman–Crippen LogP) is 1.39. The largest absolute Gasteiger partial charge is 0.326 e. The van der Waals surface area contributed by atoms with Crippen LogP contribution in [0.15, 0.2) is 28.5 Å². The maximum atomic E-state index is 11.7. The van der Waals surface area contributed by atoms with E-state index in [0.29, 0.717) is 5.13 Å². The average molecular weight is 235 g/mol. The quantitative estimate of drug-likeness (QED) is 0.826. The first-order chi connectivity index (χ1) is 7.66. The van der Waals surface area contributed by atoms with Crippen molar-refractivity contribution in [1.82, 2.24) is 9.97 Å². The van der Waals surface area contributed by atoms with Crippen molar-refractivity contribution in [2.45, 2.75) is 6.92 Å². The lowest BCUT2D eigenvalue weighted by atomic mass is 10.2. The van der Waals surface area contributed by atoms with Crippen LogP contribution >= 0.6 is 11.3 Å². The van der Waals surface area contributed by atoms with Crippen LogP contribution in [0.5, 0.6) is 0 Å². The number of rotatable bonds is 2. The van der Waals surface area contributed by atoms with Crippen molar-refractivity contribution >= 4 is 22.4 Å². The van der Waals surface area contributed by atoms with Crippen LogP contribution < -0.4 is 10.9 Å². The van der Waals surface area contributed by atoms with Gasteiger partial charge in [-0.15, -0.1) is 11.3 Å². The van der Waals surface area contributed by atoms with Gasteiger partial charge in [0, 0.05) is 17.3 Å². The van der Waals surface area contributed by atoms with E-state index in [1.54, 1.807) is 24.6 Å². The molecule has 2 aromatic rings. The molecule has 0 spiro atoms. The van der Waals surface area contributed by atoms with Gasteiger partial charge >= 0.3 is 0 Å². The first kappa shape index (κ1) is 10.6. The van der Waals surface area contributed by atoms with E-state index in [1.807, 2.05) is 0 Å². The number of H-pyrrole nitrogens is 1. The van der Waals surface area contributed by atoms with Gasteiger partial charge < -0.3 is 4.98 Å². The van der Waals surface area contributed by atoms with Crippen LogP contribution in [0, 0.1) is 6.92 Å². The number of carbonyl (C=O) groups excluding carboxylic acids is 1. The zero-order valence-electron chi connectivity index (χ0n) is 8.48. The van der Waals surface area contributed by atoms with Gasteiger partial charge in [-0.3, -0.25) is 14.9 Å². The Morgan fingerprint density at radius 2 is 2.31 bits per heavy atom. The molecule has 2 heterocycles. The molecule has 2 N–H and O–H groups in total. The summed E-state index contributed by atoms with van der Waals surface area (Å²) in [5.41, 5.74) is 0.408. The lowest BCUT2D eigenvalue weighted by Crippen LogP contribution is -2.23. The predicted molar refractivity (Wildman–Crippen MR) is 61.9 cm³/mol. The van der Waals surface area contributed by atoms with Crippen LogP contribution in [-0.2, 0) is 0 Å². The molecule has 2 rings (SSSR count). The third-order valence-corrected chi connectivity index (χ3v) is 2.64. The Balaban J connectivity index is 2.25. The van der Waals surface area contributed by atoms with Gasteiger partial charge in [0.1, 0.15) is 5.56 Å². The molecule has 0 aliphatic carbocycles. The van der Waals surface area contributed by atoms with Gasteiger partial charge in [-0.1, -0.05) is 0 Å². The summed E-state index contributed by atoms with van der Waals surface area (Å²) in [5, 5.41) is 4.77. The van der Waals surface area contributed by atoms with Crippen molar-refractivity contribution in [3.8, 4) is 0 Å². The Morgan fingerprint density at radius 1 is 1.50 bits per heavy atom. The molecule has 0 saturated carbocycles. The molecule has 16 heavy (non-hydrogen) atoms. The van der Waals surface area contributed by atoms with Gasteiger partial charge in [-0.05, 0) is 19.1 Å². The second-order valence-electron chi connectivity index (χ2n) is 3.18. The highest BCUT2D eigenvalue weighted by Crippen LogP contribution is 2.11. The monoisotopic (exact) mass is 235 g/mol. The van der Waals surface area contributed by atoms with E-state index in [9.17, 15) is 9.59 Å². The number of nitrogens with zero attached hydrogens (tertiary/aromatic N) is 1. The summed E-state index contributed by atoms with van der Waals surface area (Å²) in [7, 11) is 0. The van der Waals surface area contributed by atoms with E-state index >= 15 is 0 Å². The number of aryl methyl sites for hydroxylation is 1.